The van der Waals surface area contributed by atoms with Crippen LogP contribution in [0.15, 0.2) is 18.2 Å². The SMILES string of the molecule is CCCCS(=O)(=O)NCC(=O)Nc1c(Cl)cccc1Cl. The van der Waals surface area contributed by atoms with Crippen LogP contribution in [0, 0.1) is 0 Å². The Kier molecular flexibility index (Phi) is 6.75. The molecule has 0 aliphatic carbocycles. The maximum atomic E-state index is 11.7. The van der Waals surface area contributed by atoms with Crippen LogP contribution >= 0.6 is 23.2 Å². The Labute approximate surface area is 128 Å². The van der Waals surface area contributed by atoms with Crippen LogP contribution in [0.1, 0.15) is 19.8 Å². The number of anilines is 1. The van der Waals surface area contributed by atoms with Crippen molar-refractivity contribution >= 4 is 44.8 Å². The molecular formula is C12H16Cl2N2O3S. The van der Waals surface area contributed by atoms with E-state index in [0.29, 0.717) is 16.5 Å². The van der Waals surface area contributed by atoms with Gasteiger partial charge in [-0.2, -0.15) is 0 Å². The Bertz CT molecular complexity index is 556. The average Bonchev–Trinajstić information content (AvgIpc) is 2.39. The molecule has 0 unspecified atom stereocenters. The molecule has 20 heavy (non-hydrogen) atoms. The van der Waals surface area contributed by atoms with E-state index in [-0.39, 0.29) is 18.0 Å². The standard InChI is InChI=1S/C12H16Cl2N2O3S/c1-2-3-7-20(18,19)15-8-11(17)16-12-9(13)5-4-6-10(12)14/h4-6,15H,2-3,7-8H2,1H3,(H,16,17). The van der Waals surface area contributed by atoms with E-state index in [1.807, 2.05) is 6.92 Å². The van der Waals surface area contributed by atoms with E-state index in [0.717, 1.165) is 6.42 Å². The van der Waals surface area contributed by atoms with Crippen LogP contribution in [-0.2, 0) is 14.8 Å². The molecular weight excluding hydrogens is 323 g/mol. The molecule has 1 rings (SSSR count). The fourth-order valence-electron chi connectivity index (χ4n) is 1.38. The second kappa shape index (κ2) is 7.83. The molecule has 0 saturated carbocycles. The van der Waals surface area contributed by atoms with Crippen LogP contribution in [0.5, 0.6) is 0 Å². The van der Waals surface area contributed by atoms with Gasteiger partial charge in [0.1, 0.15) is 0 Å². The zero-order valence-corrected chi connectivity index (χ0v) is 13.3. The number of amides is 1. The Balaban J connectivity index is 2.57. The molecule has 0 aliphatic heterocycles. The normalized spacial score (nSPS) is 11.3. The predicted octanol–water partition coefficient (Wildman–Crippen LogP) is 2.65. The lowest BCUT2D eigenvalue weighted by atomic mass is 10.3. The summed E-state index contributed by atoms with van der Waals surface area (Å²) in [5, 5.41) is 3.06. The van der Waals surface area contributed by atoms with Crippen molar-refractivity contribution in [2.75, 3.05) is 17.6 Å². The van der Waals surface area contributed by atoms with Crippen LogP contribution in [0.25, 0.3) is 0 Å². The number of unbranched alkanes of at least 4 members (excludes halogenated alkanes) is 1. The summed E-state index contributed by atoms with van der Waals surface area (Å²) in [5.74, 6) is -0.524. The number of halogens is 2. The minimum atomic E-state index is -3.43. The topological polar surface area (TPSA) is 75.3 Å². The van der Waals surface area contributed by atoms with Gasteiger partial charge >= 0.3 is 0 Å². The summed E-state index contributed by atoms with van der Waals surface area (Å²) >= 11 is 11.8. The number of nitrogens with one attached hydrogen (secondary N) is 2. The van der Waals surface area contributed by atoms with Crippen molar-refractivity contribution in [3.8, 4) is 0 Å². The van der Waals surface area contributed by atoms with Crippen molar-refractivity contribution in [1.29, 1.82) is 0 Å². The molecule has 2 N–H and O–H groups in total. The van der Waals surface area contributed by atoms with Gasteiger partial charge in [-0.3, -0.25) is 4.79 Å². The Morgan fingerprint density at radius 2 is 1.85 bits per heavy atom. The number of hydrogen-bond donors (Lipinski definition) is 2. The van der Waals surface area contributed by atoms with Crippen LogP contribution in [0.2, 0.25) is 10.0 Å². The molecule has 112 valence electrons. The smallest absolute Gasteiger partial charge is 0.239 e. The first kappa shape index (κ1) is 17.2. The Hall–Kier alpha value is -0.820. The van der Waals surface area contributed by atoms with Crippen molar-refractivity contribution in [1.82, 2.24) is 4.72 Å². The Morgan fingerprint density at radius 1 is 1.25 bits per heavy atom. The second-order valence-electron chi connectivity index (χ2n) is 4.14. The molecule has 0 aromatic heterocycles. The Morgan fingerprint density at radius 3 is 2.40 bits per heavy atom. The highest BCUT2D eigenvalue weighted by atomic mass is 35.5. The lowest BCUT2D eigenvalue weighted by Gasteiger charge is -2.10. The van der Waals surface area contributed by atoms with Gasteiger partial charge < -0.3 is 5.32 Å². The van der Waals surface area contributed by atoms with E-state index in [1.165, 1.54) is 0 Å². The largest absolute Gasteiger partial charge is 0.322 e. The van der Waals surface area contributed by atoms with Crippen molar-refractivity contribution < 1.29 is 13.2 Å². The highest BCUT2D eigenvalue weighted by Crippen LogP contribution is 2.29. The molecule has 0 saturated heterocycles. The number of hydrogen-bond acceptors (Lipinski definition) is 3. The third kappa shape index (κ3) is 5.66. The van der Waals surface area contributed by atoms with Crippen LogP contribution < -0.4 is 10.0 Å². The summed E-state index contributed by atoms with van der Waals surface area (Å²) in [5.41, 5.74) is 0.272. The first-order valence-electron chi connectivity index (χ1n) is 6.07. The summed E-state index contributed by atoms with van der Waals surface area (Å²) < 4.78 is 25.3. The minimum absolute atomic E-state index is 0.00360. The van der Waals surface area contributed by atoms with Gasteiger partial charge in [-0.1, -0.05) is 42.6 Å². The third-order valence-corrected chi connectivity index (χ3v) is 4.49. The van der Waals surface area contributed by atoms with Crippen LogP contribution in [0.4, 0.5) is 5.69 Å². The number of sulfonamides is 1. The summed E-state index contributed by atoms with van der Waals surface area (Å²) in [7, 11) is -3.43. The fraction of sp³-hybridized carbons (Fsp3) is 0.417. The number of carbonyl (C=O) groups excluding carboxylic acids is 1. The lowest BCUT2D eigenvalue weighted by molar-refractivity contribution is -0.115. The molecule has 5 nitrogen and oxygen atoms in total. The first-order chi connectivity index (χ1) is 9.35. The maximum Gasteiger partial charge on any atom is 0.239 e. The molecule has 8 heteroatoms. The quantitative estimate of drug-likeness (QED) is 0.802. The molecule has 0 radical (unpaired) electrons. The van der Waals surface area contributed by atoms with Crippen LogP contribution in [0.3, 0.4) is 0 Å². The van der Waals surface area contributed by atoms with Gasteiger partial charge in [0.25, 0.3) is 0 Å². The van der Waals surface area contributed by atoms with Crippen molar-refractivity contribution in [2.45, 2.75) is 19.8 Å². The first-order valence-corrected chi connectivity index (χ1v) is 8.47. The van der Waals surface area contributed by atoms with Gasteiger partial charge in [-0.05, 0) is 18.6 Å². The monoisotopic (exact) mass is 338 g/mol. The van der Waals surface area contributed by atoms with E-state index in [4.69, 9.17) is 23.2 Å². The van der Waals surface area contributed by atoms with Crippen molar-refractivity contribution in [2.24, 2.45) is 0 Å². The second-order valence-corrected chi connectivity index (χ2v) is 6.88. The molecule has 1 aromatic carbocycles. The molecule has 0 fully saturated rings. The molecule has 0 heterocycles. The molecule has 1 amide bonds. The van der Waals surface area contributed by atoms with E-state index >= 15 is 0 Å². The molecule has 0 atom stereocenters. The number of para-hydroxylation sites is 1. The van der Waals surface area contributed by atoms with Gasteiger partial charge in [-0.15, -0.1) is 0 Å². The number of benzene rings is 1. The van der Waals surface area contributed by atoms with E-state index in [2.05, 4.69) is 10.0 Å². The highest BCUT2D eigenvalue weighted by molar-refractivity contribution is 7.89. The van der Waals surface area contributed by atoms with Crippen molar-refractivity contribution in [3.05, 3.63) is 28.2 Å². The van der Waals surface area contributed by atoms with Crippen LogP contribution in [-0.4, -0.2) is 26.6 Å². The van der Waals surface area contributed by atoms with E-state index < -0.39 is 15.9 Å². The molecule has 0 bridgehead atoms. The van der Waals surface area contributed by atoms with Gasteiger partial charge in [0.05, 0.1) is 28.0 Å². The summed E-state index contributed by atoms with van der Waals surface area (Å²) in [6.45, 7) is 1.54. The average molecular weight is 339 g/mol. The summed E-state index contributed by atoms with van der Waals surface area (Å²) in [6, 6.07) is 4.80. The van der Waals surface area contributed by atoms with Gasteiger partial charge in [0.2, 0.25) is 15.9 Å². The maximum absolute atomic E-state index is 11.7. The predicted molar refractivity (Wildman–Crippen MR) is 81.8 cm³/mol. The van der Waals surface area contributed by atoms with E-state index in [9.17, 15) is 13.2 Å². The third-order valence-electron chi connectivity index (χ3n) is 2.45. The van der Waals surface area contributed by atoms with Crippen molar-refractivity contribution in [3.63, 3.8) is 0 Å². The fourth-order valence-corrected chi connectivity index (χ4v) is 3.04. The van der Waals surface area contributed by atoms with Gasteiger partial charge in [-0.25, -0.2) is 13.1 Å². The molecule has 0 aliphatic rings. The van der Waals surface area contributed by atoms with E-state index in [1.54, 1.807) is 18.2 Å². The number of rotatable bonds is 7. The highest BCUT2D eigenvalue weighted by Gasteiger charge is 2.13. The zero-order chi connectivity index (χ0) is 15.2. The summed E-state index contributed by atoms with van der Waals surface area (Å²) in [6.07, 6.45) is 1.32. The summed E-state index contributed by atoms with van der Waals surface area (Å²) in [4.78, 5) is 11.7. The van der Waals surface area contributed by atoms with Gasteiger partial charge in [0, 0.05) is 0 Å². The van der Waals surface area contributed by atoms with Gasteiger partial charge in [0.15, 0.2) is 0 Å². The molecule has 0 spiro atoms. The minimum Gasteiger partial charge on any atom is -0.322 e. The zero-order valence-electron chi connectivity index (χ0n) is 10.9. The lowest BCUT2D eigenvalue weighted by Crippen LogP contribution is -2.34. The number of carbonyl (C=O) groups is 1. The molecule has 1 aromatic rings.